The van der Waals surface area contributed by atoms with Crippen LogP contribution in [0.5, 0.6) is 0 Å². The van der Waals surface area contributed by atoms with Gasteiger partial charge in [-0.1, -0.05) is 18.9 Å². The van der Waals surface area contributed by atoms with Gasteiger partial charge in [-0.05, 0) is 56.2 Å². The lowest BCUT2D eigenvalue weighted by atomic mass is 10.2. The lowest BCUT2D eigenvalue weighted by Gasteiger charge is -2.13. The van der Waals surface area contributed by atoms with Crippen LogP contribution in [0.4, 0.5) is 0 Å². The second-order valence-electron chi connectivity index (χ2n) is 7.26. The van der Waals surface area contributed by atoms with Crippen molar-refractivity contribution in [1.82, 2.24) is 10.0 Å². The molecule has 0 bridgehead atoms. The summed E-state index contributed by atoms with van der Waals surface area (Å²) in [5.74, 6) is 0.484. The average Bonchev–Trinajstić information content (AvgIpc) is 3.32. The van der Waals surface area contributed by atoms with Gasteiger partial charge in [0.1, 0.15) is 0 Å². The maximum atomic E-state index is 12.5. The van der Waals surface area contributed by atoms with Crippen LogP contribution in [0.2, 0.25) is 0 Å². The molecule has 0 atom stereocenters. The molecule has 1 amide bonds. The molecule has 0 radical (unpaired) electrons. The van der Waals surface area contributed by atoms with E-state index >= 15 is 0 Å². The number of rotatable bonds is 10. The highest BCUT2D eigenvalue weighted by Gasteiger charge is 2.23. The van der Waals surface area contributed by atoms with Crippen LogP contribution in [-0.4, -0.2) is 40.1 Å². The summed E-state index contributed by atoms with van der Waals surface area (Å²) in [5.41, 5.74) is 0.359. The van der Waals surface area contributed by atoms with E-state index in [1.807, 2.05) is 0 Å². The first-order valence-corrected chi connectivity index (χ1v) is 11.0. The van der Waals surface area contributed by atoms with Gasteiger partial charge in [0.2, 0.25) is 10.0 Å². The molecule has 0 aromatic heterocycles. The zero-order chi connectivity index (χ0) is 18.4. The Kier molecular flexibility index (Phi) is 6.67. The van der Waals surface area contributed by atoms with Crippen LogP contribution < -0.4 is 10.0 Å². The van der Waals surface area contributed by atoms with E-state index in [1.54, 1.807) is 12.1 Å². The van der Waals surface area contributed by atoms with Gasteiger partial charge in [0.25, 0.3) is 5.91 Å². The largest absolute Gasteiger partial charge is 0.381 e. The average molecular weight is 381 g/mol. The normalized spacial score (nSPS) is 18.2. The number of ether oxygens (including phenoxy) is 1. The van der Waals surface area contributed by atoms with Crippen molar-refractivity contribution in [2.24, 2.45) is 5.92 Å². The Morgan fingerprint density at radius 3 is 2.65 bits per heavy atom. The van der Waals surface area contributed by atoms with Crippen molar-refractivity contribution in [2.75, 3.05) is 19.8 Å². The fraction of sp³-hybridized carbons (Fsp3) is 0.632. The molecular weight excluding hydrogens is 352 g/mol. The molecule has 0 heterocycles. The van der Waals surface area contributed by atoms with Crippen molar-refractivity contribution in [1.29, 1.82) is 0 Å². The van der Waals surface area contributed by atoms with E-state index in [1.165, 1.54) is 25.0 Å². The summed E-state index contributed by atoms with van der Waals surface area (Å²) in [4.78, 5) is 12.4. The van der Waals surface area contributed by atoms with Crippen molar-refractivity contribution >= 4 is 15.9 Å². The molecule has 144 valence electrons. The minimum absolute atomic E-state index is 0.00752. The number of carbonyl (C=O) groups excluding carboxylic acids is 1. The lowest BCUT2D eigenvalue weighted by Crippen LogP contribution is -2.33. The number of hydrogen-bond donors (Lipinski definition) is 2. The molecule has 0 unspecified atom stereocenters. The van der Waals surface area contributed by atoms with E-state index in [4.69, 9.17) is 4.74 Å². The number of hydrogen-bond acceptors (Lipinski definition) is 4. The van der Waals surface area contributed by atoms with Crippen molar-refractivity contribution in [3.8, 4) is 0 Å². The van der Waals surface area contributed by atoms with Gasteiger partial charge in [-0.15, -0.1) is 0 Å². The van der Waals surface area contributed by atoms with Gasteiger partial charge in [0, 0.05) is 31.4 Å². The second-order valence-corrected chi connectivity index (χ2v) is 8.97. The van der Waals surface area contributed by atoms with Crippen LogP contribution in [0.1, 0.15) is 55.3 Å². The fourth-order valence-corrected chi connectivity index (χ4v) is 4.50. The van der Waals surface area contributed by atoms with Crippen LogP contribution in [0.3, 0.4) is 0 Å². The monoisotopic (exact) mass is 380 g/mol. The second kappa shape index (κ2) is 8.97. The molecular formula is C19H28N2O4S. The molecule has 1 aromatic rings. The van der Waals surface area contributed by atoms with Crippen molar-refractivity contribution in [3.63, 3.8) is 0 Å². The smallest absolute Gasteiger partial charge is 0.251 e. The summed E-state index contributed by atoms with van der Waals surface area (Å²) in [6.45, 7) is 1.97. The first-order chi connectivity index (χ1) is 12.5. The van der Waals surface area contributed by atoms with Gasteiger partial charge in [-0.25, -0.2) is 13.1 Å². The van der Waals surface area contributed by atoms with Crippen LogP contribution in [0.25, 0.3) is 0 Å². The molecule has 2 aliphatic rings. The zero-order valence-corrected chi connectivity index (χ0v) is 15.9. The molecule has 0 spiro atoms. The Morgan fingerprint density at radius 1 is 1.15 bits per heavy atom. The Balaban J connectivity index is 1.48. The zero-order valence-electron chi connectivity index (χ0n) is 15.1. The number of sulfonamides is 1. The van der Waals surface area contributed by atoms with Crippen molar-refractivity contribution < 1.29 is 17.9 Å². The molecule has 2 N–H and O–H groups in total. The number of nitrogens with one attached hydrogen (secondary N) is 2. The highest BCUT2D eigenvalue weighted by Crippen LogP contribution is 2.28. The predicted molar refractivity (Wildman–Crippen MR) is 99.5 cm³/mol. The number of benzene rings is 1. The van der Waals surface area contributed by atoms with Crippen LogP contribution in [0, 0.1) is 5.92 Å². The lowest BCUT2D eigenvalue weighted by molar-refractivity contribution is 0.0937. The first-order valence-electron chi connectivity index (χ1n) is 9.53. The van der Waals surface area contributed by atoms with Gasteiger partial charge in [-0.2, -0.15) is 0 Å². The third-order valence-electron chi connectivity index (χ3n) is 4.89. The Hall–Kier alpha value is -1.44. The minimum atomic E-state index is -3.58. The summed E-state index contributed by atoms with van der Waals surface area (Å²) in [6.07, 6.45) is 7.15. The summed E-state index contributed by atoms with van der Waals surface area (Å²) in [7, 11) is -3.58. The summed E-state index contributed by atoms with van der Waals surface area (Å²) < 4.78 is 33.3. The number of amides is 1. The van der Waals surface area contributed by atoms with E-state index in [-0.39, 0.29) is 16.8 Å². The van der Waals surface area contributed by atoms with E-state index in [0.29, 0.717) is 18.7 Å². The maximum absolute atomic E-state index is 12.5. The topological polar surface area (TPSA) is 84.5 Å². The fourth-order valence-electron chi connectivity index (χ4n) is 3.15. The van der Waals surface area contributed by atoms with Crippen molar-refractivity contribution in [3.05, 3.63) is 29.8 Å². The molecule has 6 nitrogen and oxygen atoms in total. The SMILES string of the molecule is O=C(NCCCOCC1CC1)c1cccc(S(=O)(=O)NC2CCCC2)c1. The molecule has 3 rings (SSSR count). The highest BCUT2D eigenvalue weighted by atomic mass is 32.2. The number of carbonyl (C=O) groups is 1. The minimum Gasteiger partial charge on any atom is -0.381 e. The quantitative estimate of drug-likeness (QED) is 0.611. The van der Waals surface area contributed by atoms with E-state index in [0.717, 1.165) is 44.6 Å². The molecule has 2 saturated carbocycles. The summed E-state index contributed by atoms with van der Waals surface area (Å²) in [5, 5.41) is 2.82. The van der Waals surface area contributed by atoms with Gasteiger partial charge < -0.3 is 10.1 Å². The molecule has 7 heteroatoms. The molecule has 26 heavy (non-hydrogen) atoms. The van der Waals surface area contributed by atoms with Crippen molar-refractivity contribution in [2.45, 2.75) is 55.9 Å². The van der Waals surface area contributed by atoms with Gasteiger partial charge in [0.05, 0.1) is 4.90 Å². The molecule has 2 fully saturated rings. The summed E-state index contributed by atoms with van der Waals surface area (Å²) in [6, 6.07) is 6.22. The Morgan fingerprint density at radius 2 is 1.92 bits per heavy atom. The van der Waals surface area contributed by atoms with Crippen LogP contribution in [-0.2, 0) is 14.8 Å². The third-order valence-corrected chi connectivity index (χ3v) is 6.40. The highest BCUT2D eigenvalue weighted by molar-refractivity contribution is 7.89. The van der Waals surface area contributed by atoms with Crippen LogP contribution in [0.15, 0.2) is 29.2 Å². The van der Waals surface area contributed by atoms with Crippen LogP contribution >= 0.6 is 0 Å². The molecule has 1 aromatic carbocycles. The molecule has 2 aliphatic carbocycles. The van der Waals surface area contributed by atoms with Gasteiger partial charge in [0.15, 0.2) is 0 Å². The van der Waals surface area contributed by atoms with E-state index in [9.17, 15) is 13.2 Å². The van der Waals surface area contributed by atoms with Gasteiger partial charge >= 0.3 is 0 Å². The Bertz CT molecular complexity index is 710. The summed E-state index contributed by atoms with van der Waals surface area (Å²) >= 11 is 0. The Labute approximate surface area is 155 Å². The maximum Gasteiger partial charge on any atom is 0.251 e. The van der Waals surface area contributed by atoms with Gasteiger partial charge in [-0.3, -0.25) is 4.79 Å². The third kappa shape index (κ3) is 5.79. The molecule has 0 aliphatic heterocycles. The standard InChI is InChI=1S/C19H28N2O4S/c22-19(20-11-4-12-25-14-15-9-10-15)16-5-3-8-18(13-16)26(23,24)21-17-6-1-2-7-17/h3,5,8,13,15,17,21H,1-2,4,6-7,9-12,14H2,(H,20,22). The van der Waals surface area contributed by atoms with E-state index in [2.05, 4.69) is 10.0 Å². The van der Waals surface area contributed by atoms with E-state index < -0.39 is 10.0 Å². The molecule has 0 saturated heterocycles. The predicted octanol–water partition coefficient (Wildman–Crippen LogP) is 2.45. The first kappa shape index (κ1) is 19.3.